The molecular formula is C12H9N3S. The lowest BCUT2D eigenvalue weighted by molar-refractivity contribution is 1.31. The third-order valence-corrected chi connectivity index (χ3v) is 3.35. The summed E-state index contributed by atoms with van der Waals surface area (Å²) in [5.74, 6) is 0. The fourth-order valence-corrected chi connectivity index (χ4v) is 2.45. The second kappa shape index (κ2) is 3.57. The summed E-state index contributed by atoms with van der Waals surface area (Å²) in [6, 6.07) is 7.90. The van der Waals surface area contributed by atoms with Gasteiger partial charge in [-0.05, 0) is 24.3 Å². The molecule has 0 saturated carbocycles. The van der Waals surface area contributed by atoms with Gasteiger partial charge in [0.1, 0.15) is 4.83 Å². The maximum absolute atomic E-state index is 5.83. The number of hydrogen-bond acceptors (Lipinski definition) is 4. The number of fused-ring (bicyclic) bond motifs is 1. The smallest absolute Gasteiger partial charge is 0.126 e. The SMILES string of the molecule is Nc1csc2nc(-c3ccncc3)ccc12. The molecule has 0 atom stereocenters. The van der Waals surface area contributed by atoms with Gasteiger partial charge in [0.2, 0.25) is 0 Å². The third-order valence-electron chi connectivity index (χ3n) is 2.44. The molecule has 3 rings (SSSR count). The zero-order chi connectivity index (χ0) is 11.0. The molecule has 3 aromatic heterocycles. The van der Waals surface area contributed by atoms with E-state index in [2.05, 4.69) is 9.97 Å². The average Bonchev–Trinajstić information content (AvgIpc) is 2.72. The lowest BCUT2D eigenvalue weighted by Crippen LogP contribution is -1.85. The highest BCUT2D eigenvalue weighted by molar-refractivity contribution is 7.17. The molecule has 4 heteroatoms. The molecule has 0 aliphatic heterocycles. The second-order valence-electron chi connectivity index (χ2n) is 3.48. The number of thiophene rings is 1. The van der Waals surface area contributed by atoms with Crippen LogP contribution >= 0.6 is 11.3 Å². The number of rotatable bonds is 1. The number of aromatic nitrogens is 2. The summed E-state index contributed by atoms with van der Waals surface area (Å²) >= 11 is 1.57. The van der Waals surface area contributed by atoms with Crippen LogP contribution in [0.1, 0.15) is 0 Å². The van der Waals surface area contributed by atoms with Gasteiger partial charge in [0.25, 0.3) is 0 Å². The highest BCUT2D eigenvalue weighted by Gasteiger charge is 2.04. The van der Waals surface area contributed by atoms with Crippen LogP contribution in [0.2, 0.25) is 0 Å². The Morgan fingerprint density at radius 3 is 2.69 bits per heavy atom. The van der Waals surface area contributed by atoms with E-state index in [1.807, 2.05) is 29.6 Å². The van der Waals surface area contributed by atoms with Crippen molar-refractivity contribution in [1.29, 1.82) is 0 Å². The zero-order valence-corrected chi connectivity index (χ0v) is 9.24. The first-order valence-electron chi connectivity index (χ1n) is 4.89. The van der Waals surface area contributed by atoms with Crippen molar-refractivity contribution in [2.45, 2.75) is 0 Å². The van der Waals surface area contributed by atoms with Gasteiger partial charge in [-0.15, -0.1) is 11.3 Å². The van der Waals surface area contributed by atoms with E-state index in [0.29, 0.717) is 0 Å². The Bertz CT molecular complexity index is 631. The van der Waals surface area contributed by atoms with Crippen molar-refractivity contribution >= 4 is 27.2 Å². The first kappa shape index (κ1) is 9.30. The maximum Gasteiger partial charge on any atom is 0.126 e. The lowest BCUT2D eigenvalue weighted by Gasteiger charge is -2.00. The third kappa shape index (κ3) is 1.44. The van der Waals surface area contributed by atoms with E-state index in [1.54, 1.807) is 23.7 Å². The number of hydrogen-bond donors (Lipinski definition) is 1. The van der Waals surface area contributed by atoms with Crippen molar-refractivity contribution in [3.63, 3.8) is 0 Å². The van der Waals surface area contributed by atoms with E-state index in [1.165, 1.54) is 0 Å². The molecule has 0 saturated heterocycles. The van der Waals surface area contributed by atoms with Crippen molar-refractivity contribution < 1.29 is 0 Å². The molecule has 0 fully saturated rings. The van der Waals surface area contributed by atoms with Gasteiger partial charge in [-0.3, -0.25) is 4.98 Å². The van der Waals surface area contributed by atoms with Crippen LogP contribution in [0.3, 0.4) is 0 Å². The maximum atomic E-state index is 5.83. The van der Waals surface area contributed by atoms with Crippen molar-refractivity contribution in [2.24, 2.45) is 0 Å². The molecule has 3 aromatic rings. The van der Waals surface area contributed by atoms with Gasteiger partial charge >= 0.3 is 0 Å². The molecule has 0 aromatic carbocycles. The predicted molar refractivity (Wildman–Crippen MR) is 67.3 cm³/mol. The van der Waals surface area contributed by atoms with Gasteiger partial charge < -0.3 is 5.73 Å². The van der Waals surface area contributed by atoms with Crippen LogP contribution in [0.25, 0.3) is 21.5 Å². The van der Waals surface area contributed by atoms with Crippen LogP contribution in [0.4, 0.5) is 5.69 Å². The summed E-state index contributed by atoms with van der Waals surface area (Å²) in [6.45, 7) is 0. The highest BCUT2D eigenvalue weighted by Crippen LogP contribution is 2.28. The Labute approximate surface area is 96.6 Å². The highest BCUT2D eigenvalue weighted by atomic mass is 32.1. The Morgan fingerprint density at radius 2 is 1.88 bits per heavy atom. The molecule has 3 heterocycles. The van der Waals surface area contributed by atoms with E-state index < -0.39 is 0 Å². The van der Waals surface area contributed by atoms with Crippen LogP contribution in [0.15, 0.2) is 42.0 Å². The van der Waals surface area contributed by atoms with Gasteiger partial charge in [0.15, 0.2) is 0 Å². The standard InChI is InChI=1S/C12H9N3S/c13-10-7-16-12-9(10)1-2-11(15-12)8-3-5-14-6-4-8/h1-7H,13H2. The molecule has 2 N–H and O–H groups in total. The number of nitrogens with zero attached hydrogens (tertiary/aromatic N) is 2. The Morgan fingerprint density at radius 1 is 1.06 bits per heavy atom. The van der Waals surface area contributed by atoms with E-state index >= 15 is 0 Å². The molecule has 0 unspecified atom stereocenters. The molecular weight excluding hydrogens is 218 g/mol. The molecule has 0 spiro atoms. The number of pyridine rings is 2. The molecule has 0 radical (unpaired) electrons. The normalized spacial score (nSPS) is 10.8. The van der Waals surface area contributed by atoms with Gasteiger partial charge in [-0.2, -0.15) is 0 Å². The second-order valence-corrected chi connectivity index (χ2v) is 4.33. The summed E-state index contributed by atoms with van der Waals surface area (Å²) in [6.07, 6.45) is 3.54. The molecule has 0 aliphatic carbocycles. The van der Waals surface area contributed by atoms with Crippen LogP contribution in [-0.4, -0.2) is 9.97 Å². The predicted octanol–water partition coefficient (Wildman–Crippen LogP) is 2.94. The quantitative estimate of drug-likeness (QED) is 0.695. The van der Waals surface area contributed by atoms with Crippen molar-refractivity contribution in [1.82, 2.24) is 9.97 Å². The number of anilines is 1. The molecule has 0 aliphatic rings. The molecule has 78 valence electrons. The summed E-state index contributed by atoms with van der Waals surface area (Å²) in [5, 5.41) is 2.95. The number of nitrogen functional groups attached to an aromatic ring is 1. The van der Waals surface area contributed by atoms with E-state index in [4.69, 9.17) is 5.73 Å². The van der Waals surface area contributed by atoms with Gasteiger partial charge in [-0.25, -0.2) is 4.98 Å². The van der Waals surface area contributed by atoms with Crippen molar-refractivity contribution in [3.8, 4) is 11.3 Å². The summed E-state index contributed by atoms with van der Waals surface area (Å²) in [5.41, 5.74) is 8.65. The van der Waals surface area contributed by atoms with Crippen LogP contribution in [0, 0.1) is 0 Å². The largest absolute Gasteiger partial charge is 0.398 e. The Kier molecular flexibility index (Phi) is 2.08. The van der Waals surface area contributed by atoms with Gasteiger partial charge in [-0.1, -0.05) is 0 Å². The van der Waals surface area contributed by atoms with Crippen LogP contribution in [-0.2, 0) is 0 Å². The molecule has 0 amide bonds. The molecule has 0 bridgehead atoms. The summed E-state index contributed by atoms with van der Waals surface area (Å²) in [4.78, 5) is 9.55. The summed E-state index contributed by atoms with van der Waals surface area (Å²) < 4.78 is 0. The van der Waals surface area contributed by atoms with Gasteiger partial charge in [0.05, 0.1) is 11.4 Å². The molecule has 3 nitrogen and oxygen atoms in total. The van der Waals surface area contributed by atoms with Crippen LogP contribution in [0.5, 0.6) is 0 Å². The van der Waals surface area contributed by atoms with Crippen molar-refractivity contribution in [3.05, 3.63) is 42.0 Å². The fraction of sp³-hybridized carbons (Fsp3) is 0. The summed E-state index contributed by atoms with van der Waals surface area (Å²) in [7, 11) is 0. The topological polar surface area (TPSA) is 51.8 Å². The van der Waals surface area contributed by atoms with E-state index in [-0.39, 0.29) is 0 Å². The minimum atomic E-state index is 0.800. The minimum absolute atomic E-state index is 0.800. The van der Waals surface area contributed by atoms with Crippen molar-refractivity contribution in [2.75, 3.05) is 5.73 Å². The van der Waals surface area contributed by atoms with E-state index in [0.717, 1.165) is 27.2 Å². The van der Waals surface area contributed by atoms with E-state index in [9.17, 15) is 0 Å². The van der Waals surface area contributed by atoms with Gasteiger partial charge in [0, 0.05) is 28.7 Å². The Hall–Kier alpha value is -1.94. The minimum Gasteiger partial charge on any atom is -0.398 e. The Balaban J connectivity index is 2.19. The first-order chi connectivity index (χ1) is 7.84. The average molecular weight is 227 g/mol. The first-order valence-corrected chi connectivity index (χ1v) is 5.77. The van der Waals surface area contributed by atoms with Crippen LogP contribution < -0.4 is 5.73 Å². The monoisotopic (exact) mass is 227 g/mol. The zero-order valence-electron chi connectivity index (χ0n) is 8.42. The lowest BCUT2D eigenvalue weighted by atomic mass is 10.1. The fourth-order valence-electron chi connectivity index (χ4n) is 1.62. The number of nitrogens with two attached hydrogens (primary N) is 1. The molecule has 16 heavy (non-hydrogen) atoms.